The molecule has 1 aromatic rings. The molecule has 1 aromatic carbocycles. The first-order valence-electron chi connectivity index (χ1n) is 5.46. The molecule has 17 heavy (non-hydrogen) atoms. The molecule has 4 nitrogen and oxygen atoms in total. The lowest BCUT2D eigenvalue weighted by Crippen LogP contribution is -2.27. The van der Waals surface area contributed by atoms with Crippen LogP contribution in [0.4, 0.5) is 10.1 Å². The number of carbonyl (C=O) groups is 1. The van der Waals surface area contributed by atoms with Crippen LogP contribution in [-0.2, 0) is 11.4 Å². The lowest BCUT2D eigenvalue weighted by molar-refractivity contribution is -0.117. The minimum atomic E-state index is -0.525. The van der Waals surface area contributed by atoms with Gasteiger partial charge in [-0.3, -0.25) is 4.79 Å². The SMILES string of the molecule is O=C1CC(CO)CN1c1c(F)cccc1CO. The van der Waals surface area contributed by atoms with Crippen LogP contribution in [0.1, 0.15) is 12.0 Å². The minimum Gasteiger partial charge on any atom is -0.396 e. The van der Waals surface area contributed by atoms with Crippen molar-refractivity contribution >= 4 is 11.6 Å². The maximum atomic E-state index is 13.7. The van der Waals surface area contributed by atoms with Crippen LogP contribution in [0.3, 0.4) is 0 Å². The lowest BCUT2D eigenvalue weighted by Gasteiger charge is -2.20. The van der Waals surface area contributed by atoms with Crippen LogP contribution >= 0.6 is 0 Å². The van der Waals surface area contributed by atoms with E-state index in [1.807, 2.05) is 0 Å². The second kappa shape index (κ2) is 4.81. The Labute approximate surface area is 98.3 Å². The van der Waals surface area contributed by atoms with Crippen LogP contribution in [-0.4, -0.2) is 29.3 Å². The van der Waals surface area contributed by atoms with Gasteiger partial charge in [-0.15, -0.1) is 0 Å². The number of halogens is 1. The van der Waals surface area contributed by atoms with Crippen LogP contribution in [0.5, 0.6) is 0 Å². The number of benzene rings is 1. The van der Waals surface area contributed by atoms with Crippen molar-refractivity contribution < 1.29 is 19.4 Å². The van der Waals surface area contributed by atoms with Crippen molar-refractivity contribution in [3.05, 3.63) is 29.6 Å². The fourth-order valence-electron chi connectivity index (χ4n) is 2.11. The average molecular weight is 239 g/mol. The van der Waals surface area contributed by atoms with Crippen LogP contribution in [0.25, 0.3) is 0 Å². The number of hydrogen-bond acceptors (Lipinski definition) is 3. The summed E-state index contributed by atoms with van der Waals surface area (Å²) in [5.74, 6) is -0.902. The molecule has 1 amide bonds. The van der Waals surface area contributed by atoms with E-state index >= 15 is 0 Å². The van der Waals surface area contributed by atoms with Crippen molar-refractivity contribution in [2.24, 2.45) is 5.92 Å². The molecule has 1 fully saturated rings. The highest BCUT2D eigenvalue weighted by Gasteiger charge is 2.32. The van der Waals surface area contributed by atoms with E-state index in [4.69, 9.17) is 10.2 Å². The summed E-state index contributed by atoms with van der Waals surface area (Å²) < 4.78 is 13.7. The first-order valence-corrected chi connectivity index (χ1v) is 5.46. The van der Waals surface area contributed by atoms with Gasteiger partial charge in [-0.05, 0) is 6.07 Å². The summed E-state index contributed by atoms with van der Waals surface area (Å²) in [7, 11) is 0. The van der Waals surface area contributed by atoms with Crippen molar-refractivity contribution in [1.82, 2.24) is 0 Å². The van der Waals surface area contributed by atoms with E-state index in [0.29, 0.717) is 12.1 Å². The number of aliphatic hydroxyl groups excluding tert-OH is 2. The van der Waals surface area contributed by atoms with Crippen molar-refractivity contribution in [1.29, 1.82) is 0 Å². The second-order valence-corrected chi connectivity index (χ2v) is 4.16. The molecule has 1 aliphatic rings. The Morgan fingerprint density at radius 1 is 1.41 bits per heavy atom. The summed E-state index contributed by atoms with van der Waals surface area (Å²) in [4.78, 5) is 13.0. The van der Waals surface area contributed by atoms with E-state index in [1.54, 1.807) is 6.07 Å². The Morgan fingerprint density at radius 3 is 2.76 bits per heavy atom. The molecule has 5 heteroatoms. The summed E-state index contributed by atoms with van der Waals surface area (Å²) in [6.07, 6.45) is 0.218. The Balaban J connectivity index is 2.37. The number of aliphatic hydroxyl groups is 2. The summed E-state index contributed by atoms with van der Waals surface area (Å²) in [5, 5.41) is 18.2. The molecule has 0 aliphatic carbocycles. The molecule has 0 aromatic heterocycles. The molecule has 1 saturated heterocycles. The number of amides is 1. The van der Waals surface area contributed by atoms with Gasteiger partial charge in [-0.2, -0.15) is 0 Å². The highest BCUT2D eigenvalue weighted by molar-refractivity contribution is 5.96. The molecule has 0 bridgehead atoms. The lowest BCUT2D eigenvalue weighted by atomic mass is 10.1. The molecular weight excluding hydrogens is 225 g/mol. The standard InChI is InChI=1S/C12H14FNO3/c13-10-3-1-2-9(7-16)12(10)14-5-8(6-15)4-11(14)17/h1-3,8,15-16H,4-7H2. The molecule has 92 valence electrons. The molecular formula is C12H14FNO3. The second-order valence-electron chi connectivity index (χ2n) is 4.16. The quantitative estimate of drug-likeness (QED) is 0.814. The Hall–Kier alpha value is -1.46. The van der Waals surface area contributed by atoms with Gasteiger partial charge in [0.15, 0.2) is 0 Å². The molecule has 1 heterocycles. The molecule has 1 atom stereocenters. The third kappa shape index (κ3) is 2.16. The Bertz CT molecular complexity index is 436. The van der Waals surface area contributed by atoms with Crippen molar-refractivity contribution in [3.63, 3.8) is 0 Å². The average Bonchev–Trinajstić information content (AvgIpc) is 2.70. The number of anilines is 1. The first kappa shape index (κ1) is 12.0. The van der Waals surface area contributed by atoms with Crippen LogP contribution in [0, 0.1) is 11.7 Å². The molecule has 1 aliphatic heterocycles. The largest absolute Gasteiger partial charge is 0.396 e. The predicted molar refractivity (Wildman–Crippen MR) is 59.9 cm³/mol. The smallest absolute Gasteiger partial charge is 0.227 e. The topological polar surface area (TPSA) is 60.8 Å². The third-order valence-electron chi connectivity index (χ3n) is 2.97. The predicted octanol–water partition coefficient (Wildman–Crippen LogP) is 0.663. The Kier molecular flexibility index (Phi) is 3.40. The first-order chi connectivity index (χ1) is 8.17. The van der Waals surface area contributed by atoms with Crippen LogP contribution < -0.4 is 4.90 Å². The van der Waals surface area contributed by atoms with E-state index in [9.17, 15) is 9.18 Å². The molecule has 0 radical (unpaired) electrons. The van der Waals surface area contributed by atoms with Gasteiger partial charge < -0.3 is 15.1 Å². The van der Waals surface area contributed by atoms with Crippen molar-refractivity contribution in [3.8, 4) is 0 Å². The van der Waals surface area contributed by atoms with E-state index in [1.165, 1.54) is 17.0 Å². The maximum absolute atomic E-state index is 13.7. The molecule has 2 rings (SSSR count). The van der Waals surface area contributed by atoms with Gasteiger partial charge in [0.05, 0.1) is 12.3 Å². The number of para-hydroxylation sites is 1. The molecule has 0 spiro atoms. The third-order valence-corrected chi connectivity index (χ3v) is 2.97. The van der Waals surface area contributed by atoms with E-state index in [-0.39, 0.29) is 37.1 Å². The van der Waals surface area contributed by atoms with Gasteiger partial charge in [0.2, 0.25) is 5.91 Å². The molecule has 0 saturated carbocycles. The highest BCUT2D eigenvalue weighted by atomic mass is 19.1. The maximum Gasteiger partial charge on any atom is 0.227 e. The fraction of sp³-hybridized carbons (Fsp3) is 0.417. The summed E-state index contributed by atoms with van der Waals surface area (Å²) in [5.41, 5.74) is 0.521. The zero-order valence-corrected chi connectivity index (χ0v) is 9.27. The van der Waals surface area contributed by atoms with Crippen LogP contribution in [0.2, 0.25) is 0 Å². The van der Waals surface area contributed by atoms with Gasteiger partial charge in [0.25, 0.3) is 0 Å². The Morgan fingerprint density at radius 2 is 2.18 bits per heavy atom. The minimum absolute atomic E-state index is 0.0921. The highest BCUT2D eigenvalue weighted by Crippen LogP contribution is 2.30. The summed E-state index contributed by atoms with van der Waals surface area (Å²) in [6.45, 7) is -0.116. The van der Waals surface area contributed by atoms with E-state index in [0.717, 1.165) is 0 Å². The van der Waals surface area contributed by atoms with E-state index in [2.05, 4.69) is 0 Å². The number of nitrogens with zero attached hydrogens (tertiary/aromatic N) is 1. The van der Waals surface area contributed by atoms with Crippen LogP contribution in [0.15, 0.2) is 18.2 Å². The van der Waals surface area contributed by atoms with Gasteiger partial charge in [-0.1, -0.05) is 12.1 Å². The zero-order chi connectivity index (χ0) is 12.4. The van der Waals surface area contributed by atoms with Gasteiger partial charge in [0, 0.05) is 31.1 Å². The van der Waals surface area contributed by atoms with Gasteiger partial charge in [-0.25, -0.2) is 4.39 Å². The van der Waals surface area contributed by atoms with E-state index < -0.39 is 5.82 Å². The number of rotatable bonds is 3. The van der Waals surface area contributed by atoms with Gasteiger partial charge in [0.1, 0.15) is 5.82 Å². The molecule has 1 unspecified atom stereocenters. The summed E-state index contributed by atoms with van der Waals surface area (Å²) >= 11 is 0. The fourth-order valence-corrected chi connectivity index (χ4v) is 2.11. The normalized spacial score (nSPS) is 20.1. The molecule has 2 N–H and O–H groups in total. The summed E-state index contributed by atoms with van der Waals surface area (Å²) in [6, 6.07) is 4.33. The van der Waals surface area contributed by atoms with Crippen molar-refractivity contribution in [2.45, 2.75) is 13.0 Å². The monoisotopic (exact) mass is 239 g/mol. The van der Waals surface area contributed by atoms with Gasteiger partial charge >= 0.3 is 0 Å². The van der Waals surface area contributed by atoms with Crippen molar-refractivity contribution in [2.75, 3.05) is 18.1 Å². The zero-order valence-electron chi connectivity index (χ0n) is 9.27. The number of hydrogen-bond donors (Lipinski definition) is 2. The number of carbonyl (C=O) groups excluding carboxylic acids is 1.